The topological polar surface area (TPSA) is 69.6 Å². The highest BCUT2D eigenvalue weighted by Gasteiger charge is 2.30. The number of pyridine rings is 2. The number of aliphatic hydroxyl groups excluding tert-OH is 1. The van der Waals surface area contributed by atoms with Crippen molar-refractivity contribution in [1.82, 2.24) is 14.9 Å². The van der Waals surface area contributed by atoms with Gasteiger partial charge in [0.25, 0.3) is 5.91 Å². The first kappa shape index (κ1) is 24.9. The lowest BCUT2D eigenvalue weighted by molar-refractivity contribution is -0.140. The molecule has 1 N–H and O–H groups in total. The lowest BCUT2D eigenvalue weighted by atomic mass is 9.98. The van der Waals surface area contributed by atoms with Crippen LogP contribution in [-0.4, -0.2) is 58.2 Å². The molecule has 2 aromatic heterocycles. The van der Waals surface area contributed by atoms with Crippen LogP contribution >= 0.6 is 11.6 Å². The van der Waals surface area contributed by atoms with Gasteiger partial charge in [-0.1, -0.05) is 30.7 Å². The van der Waals surface area contributed by atoms with Crippen molar-refractivity contribution in [2.75, 3.05) is 31.1 Å². The highest BCUT2D eigenvalue weighted by atomic mass is 35.5. The third-order valence-corrected chi connectivity index (χ3v) is 6.32. The van der Waals surface area contributed by atoms with Crippen LogP contribution < -0.4 is 4.90 Å². The van der Waals surface area contributed by atoms with Gasteiger partial charge in [-0.25, -0.2) is 4.98 Å². The molecule has 1 fully saturated rings. The number of piperazine rings is 1. The first-order chi connectivity index (χ1) is 16.7. The molecule has 0 bridgehead atoms. The third kappa shape index (κ3) is 5.41. The van der Waals surface area contributed by atoms with Gasteiger partial charge < -0.3 is 14.9 Å². The summed E-state index contributed by atoms with van der Waals surface area (Å²) < 4.78 is 39.1. The predicted octanol–water partition coefficient (Wildman–Crippen LogP) is 4.90. The first-order valence-corrected chi connectivity index (χ1v) is 11.6. The van der Waals surface area contributed by atoms with Gasteiger partial charge in [-0.05, 0) is 42.3 Å². The van der Waals surface area contributed by atoms with Crippen LogP contribution in [0.15, 0.2) is 54.9 Å². The maximum Gasteiger partial charge on any atom is 0.416 e. The maximum atomic E-state index is 13.0. The second-order valence-electron chi connectivity index (χ2n) is 8.23. The Morgan fingerprint density at radius 1 is 1.06 bits per heavy atom. The van der Waals surface area contributed by atoms with Crippen LogP contribution in [0.5, 0.6) is 0 Å². The monoisotopic (exact) mass is 504 g/mol. The lowest BCUT2D eigenvalue weighted by Gasteiger charge is -2.36. The minimum Gasteiger partial charge on any atom is -0.383 e. The molecule has 184 valence electrons. The zero-order chi connectivity index (χ0) is 25.2. The van der Waals surface area contributed by atoms with E-state index in [-0.39, 0.29) is 5.91 Å². The summed E-state index contributed by atoms with van der Waals surface area (Å²) >= 11 is 6.41. The lowest BCUT2D eigenvalue weighted by Crippen LogP contribution is -2.51. The fourth-order valence-electron chi connectivity index (χ4n) is 4.01. The summed E-state index contributed by atoms with van der Waals surface area (Å²) in [6.07, 6.45) is -1.99. The van der Waals surface area contributed by atoms with Crippen molar-refractivity contribution in [3.8, 4) is 22.4 Å². The summed E-state index contributed by atoms with van der Waals surface area (Å²) in [6.45, 7) is 3.70. The van der Waals surface area contributed by atoms with Crippen LogP contribution in [0, 0.1) is 0 Å². The predicted molar refractivity (Wildman–Crippen MR) is 128 cm³/mol. The highest BCUT2D eigenvalue weighted by molar-refractivity contribution is 6.33. The minimum atomic E-state index is -4.42. The Bertz CT molecular complexity index is 1200. The van der Waals surface area contributed by atoms with Crippen LogP contribution in [0.3, 0.4) is 0 Å². The Balaban J connectivity index is 1.66. The number of alkyl halides is 3. The maximum absolute atomic E-state index is 13.0. The molecule has 0 radical (unpaired) electrons. The molecule has 1 aromatic carbocycles. The first-order valence-electron chi connectivity index (χ1n) is 11.2. The van der Waals surface area contributed by atoms with E-state index < -0.39 is 17.8 Å². The van der Waals surface area contributed by atoms with Gasteiger partial charge in [-0.3, -0.25) is 9.78 Å². The van der Waals surface area contributed by atoms with Crippen LogP contribution in [0.4, 0.5) is 19.0 Å². The number of aliphatic hydroxyl groups is 1. The van der Waals surface area contributed by atoms with E-state index in [1.165, 1.54) is 18.3 Å². The largest absolute Gasteiger partial charge is 0.416 e. The molecule has 1 saturated heterocycles. The molecule has 3 aromatic rings. The summed E-state index contributed by atoms with van der Waals surface area (Å²) in [5, 5.41) is 10.2. The number of halogens is 4. The normalized spacial score (nSPS) is 15.3. The second kappa shape index (κ2) is 10.2. The Labute approximate surface area is 206 Å². The molecule has 0 spiro atoms. The Morgan fingerprint density at radius 3 is 2.34 bits per heavy atom. The molecule has 1 amide bonds. The number of amides is 1. The van der Waals surface area contributed by atoms with Gasteiger partial charge in [-0.15, -0.1) is 0 Å². The van der Waals surface area contributed by atoms with E-state index in [0.717, 1.165) is 12.1 Å². The molecule has 0 unspecified atom stereocenters. The molecule has 1 aliphatic heterocycles. The molecule has 10 heteroatoms. The van der Waals surface area contributed by atoms with E-state index in [0.29, 0.717) is 65.8 Å². The SMILES string of the molecule is CC[C@H](O)C(=O)N1CCN(c2ccc(-c3ccc(C(F)(F)F)cc3)c(-c3ccncc3Cl)n2)CC1. The second-order valence-corrected chi connectivity index (χ2v) is 8.64. The summed E-state index contributed by atoms with van der Waals surface area (Å²) in [6, 6.07) is 10.3. The van der Waals surface area contributed by atoms with Gasteiger partial charge >= 0.3 is 6.18 Å². The van der Waals surface area contributed by atoms with Gasteiger partial charge in [0.2, 0.25) is 0 Å². The van der Waals surface area contributed by atoms with Gasteiger partial charge in [-0.2, -0.15) is 13.2 Å². The van der Waals surface area contributed by atoms with Crippen molar-refractivity contribution in [3.05, 3.63) is 65.4 Å². The quantitative estimate of drug-likeness (QED) is 0.535. The zero-order valence-electron chi connectivity index (χ0n) is 19.0. The molecular formula is C25H24ClF3N4O2. The van der Waals surface area contributed by atoms with Gasteiger partial charge in [0.15, 0.2) is 0 Å². The fraction of sp³-hybridized carbons (Fsp3) is 0.320. The fourth-order valence-corrected chi connectivity index (χ4v) is 4.22. The van der Waals surface area contributed by atoms with Crippen LogP contribution in [0.25, 0.3) is 22.4 Å². The number of benzene rings is 1. The number of hydrogen-bond acceptors (Lipinski definition) is 5. The van der Waals surface area contributed by atoms with Gasteiger partial charge in [0.1, 0.15) is 11.9 Å². The zero-order valence-corrected chi connectivity index (χ0v) is 19.7. The molecule has 0 saturated carbocycles. The molecule has 0 aliphatic carbocycles. The van der Waals surface area contributed by atoms with Crippen molar-refractivity contribution in [2.24, 2.45) is 0 Å². The highest BCUT2D eigenvalue weighted by Crippen LogP contribution is 2.37. The van der Waals surface area contributed by atoms with Crippen molar-refractivity contribution < 1.29 is 23.1 Å². The van der Waals surface area contributed by atoms with E-state index in [2.05, 4.69) is 4.98 Å². The van der Waals surface area contributed by atoms with E-state index in [1.807, 2.05) is 17.0 Å². The molecular weight excluding hydrogens is 481 g/mol. The average molecular weight is 505 g/mol. The van der Waals surface area contributed by atoms with Gasteiger partial charge in [0.05, 0.1) is 16.3 Å². The molecule has 1 atom stereocenters. The number of rotatable bonds is 5. The number of nitrogens with zero attached hydrogens (tertiary/aromatic N) is 4. The Hall–Kier alpha value is -3.17. The molecule has 35 heavy (non-hydrogen) atoms. The Kier molecular flexibility index (Phi) is 7.28. The van der Waals surface area contributed by atoms with Crippen molar-refractivity contribution in [1.29, 1.82) is 0 Å². The van der Waals surface area contributed by atoms with Crippen LogP contribution in [0.1, 0.15) is 18.9 Å². The van der Waals surface area contributed by atoms with E-state index in [4.69, 9.17) is 16.6 Å². The van der Waals surface area contributed by atoms with Crippen molar-refractivity contribution in [2.45, 2.75) is 25.6 Å². The number of hydrogen-bond donors (Lipinski definition) is 1. The molecule has 4 rings (SSSR count). The number of carbonyl (C=O) groups is 1. The van der Waals surface area contributed by atoms with Crippen LogP contribution in [0.2, 0.25) is 5.02 Å². The summed E-state index contributed by atoms with van der Waals surface area (Å²) in [5.41, 5.74) is 1.61. The van der Waals surface area contributed by atoms with E-state index in [1.54, 1.807) is 24.1 Å². The average Bonchev–Trinajstić information content (AvgIpc) is 2.87. The van der Waals surface area contributed by atoms with E-state index in [9.17, 15) is 23.1 Å². The summed E-state index contributed by atoms with van der Waals surface area (Å²) in [4.78, 5) is 24.8. The van der Waals surface area contributed by atoms with Crippen molar-refractivity contribution >= 4 is 23.3 Å². The van der Waals surface area contributed by atoms with E-state index >= 15 is 0 Å². The molecule has 6 nitrogen and oxygen atoms in total. The minimum absolute atomic E-state index is 0.276. The number of anilines is 1. The Morgan fingerprint density at radius 2 is 1.74 bits per heavy atom. The molecule has 3 heterocycles. The van der Waals surface area contributed by atoms with Gasteiger partial charge in [0, 0.05) is 49.7 Å². The number of carbonyl (C=O) groups excluding carboxylic acids is 1. The van der Waals surface area contributed by atoms with Crippen molar-refractivity contribution in [3.63, 3.8) is 0 Å². The van der Waals surface area contributed by atoms with Crippen LogP contribution in [-0.2, 0) is 11.0 Å². The third-order valence-electron chi connectivity index (χ3n) is 6.02. The standard InChI is InChI=1S/C25H24ClF3N4O2/c1-2-21(34)24(35)33-13-11-32(12-14-33)22-8-7-18(16-3-5-17(6-4-16)25(27,28)29)23(31-22)19-9-10-30-15-20(19)26/h3-10,15,21,34H,2,11-14H2,1H3/t21-/m0/s1. The summed E-state index contributed by atoms with van der Waals surface area (Å²) in [5.74, 6) is 0.383. The smallest absolute Gasteiger partial charge is 0.383 e. The number of aromatic nitrogens is 2. The summed E-state index contributed by atoms with van der Waals surface area (Å²) in [7, 11) is 0. The molecule has 1 aliphatic rings.